The summed E-state index contributed by atoms with van der Waals surface area (Å²) in [5, 5.41) is 0. The van der Waals surface area contributed by atoms with Crippen LogP contribution in [0.25, 0.3) is 0 Å². The second-order valence-corrected chi connectivity index (χ2v) is 5.08. The molecule has 1 aromatic carbocycles. The van der Waals surface area contributed by atoms with E-state index in [0.717, 1.165) is 5.56 Å². The SMILES string of the molecule is CCOC(=O)/C=C/[C@H](C)[C@@H](COCc1ccccc1)OCOC. The Kier molecular flexibility index (Phi) is 9.95. The molecule has 5 heteroatoms. The van der Waals surface area contributed by atoms with Crippen molar-refractivity contribution in [3.63, 3.8) is 0 Å². The fourth-order valence-electron chi connectivity index (χ4n) is 1.92. The molecule has 2 atom stereocenters. The molecule has 5 nitrogen and oxygen atoms in total. The highest BCUT2D eigenvalue weighted by atomic mass is 16.7. The quantitative estimate of drug-likeness (QED) is 0.356. The largest absolute Gasteiger partial charge is 0.463 e. The Morgan fingerprint density at radius 3 is 2.65 bits per heavy atom. The smallest absolute Gasteiger partial charge is 0.330 e. The van der Waals surface area contributed by atoms with Gasteiger partial charge in [0.15, 0.2) is 0 Å². The van der Waals surface area contributed by atoms with E-state index in [1.165, 1.54) is 6.08 Å². The van der Waals surface area contributed by atoms with E-state index in [4.69, 9.17) is 18.9 Å². The third-order valence-corrected chi connectivity index (χ3v) is 3.20. The number of carbonyl (C=O) groups excluding carboxylic acids is 1. The minimum absolute atomic E-state index is 0.00895. The standard InChI is InChI=1S/C18H26O5/c1-4-22-18(19)11-10-15(2)17(23-14-20-3)13-21-12-16-8-6-5-7-9-16/h5-11,15,17H,4,12-14H2,1-3H3/b11-10+/t15-,17+/m0/s1. The van der Waals surface area contributed by atoms with Crippen LogP contribution in [-0.4, -0.2) is 39.2 Å². The third kappa shape index (κ3) is 8.50. The second kappa shape index (κ2) is 11.8. The molecule has 0 unspecified atom stereocenters. The minimum Gasteiger partial charge on any atom is -0.463 e. The molecule has 0 spiro atoms. The molecule has 0 amide bonds. The van der Waals surface area contributed by atoms with Crippen molar-refractivity contribution in [2.24, 2.45) is 5.92 Å². The molecule has 0 aliphatic rings. The average Bonchev–Trinajstić information content (AvgIpc) is 2.57. The fourth-order valence-corrected chi connectivity index (χ4v) is 1.92. The lowest BCUT2D eigenvalue weighted by atomic mass is 10.0. The number of benzene rings is 1. The van der Waals surface area contributed by atoms with E-state index in [9.17, 15) is 4.79 Å². The summed E-state index contributed by atoms with van der Waals surface area (Å²) >= 11 is 0. The highest BCUT2D eigenvalue weighted by Gasteiger charge is 2.16. The molecule has 23 heavy (non-hydrogen) atoms. The van der Waals surface area contributed by atoms with Gasteiger partial charge in [0, 0.05) is 19.1 Å². The zero-order valence-corrected chi connectivity index (χ0v) is 14.1. The maximum absolute atomic E-state index is 11.4. The molecule has 1 rings (SSSR count). The van der Waals surface area contributed by atoms with Crippen molar-refractivity contribution < 1.29 is 23.7 Å². The van der Waals surface area contributed by atoms with Gasteiger partial charge in [-0.15, -0.1) is 0 Å². The maximum atomic E-state index is 11.4. The minimum atomic E-state index is -0.352. The van der Waals surface area contributed by atoms with Crippen LogP contribution in [0.5, 0.6) is 0 Å². The first kappa shape index (κ1) is 19.4. The van der Waals surface area contributed by atoms with Crippen LogP contribution in [0.15, 0.2) is 42.5 Å². The number of carbonyl (C=O) groups is 1. The molecular weight excluding hydrogens is 296 g/mol. The molecule has 0 fully saturated rings. The van der Waals surface area contributed by atoms with Gasteiger partial charge in [0.2, 0.25) is 0 Å². The summed E-state index contributed by atoms with van der Waals surface area (Å²) in [5.41, 5.74) is 1.10. The molecule has 0 radical (unpaired) electrons. The molecule has 0 N–H and O–H groups in total. The maximum Gasteiger partial charge on any atom is 0.330 e. The number of ether oxygens (including phenoxy) is 4. The number of rotatable bonds is 11. The van der Waals surface area contributed by atoms with E-state index >= 15 is 0 Å². The molecule has 128 valence electrons. The lowest BCUT2D eigenvalue weighted by Crippen LogP contribution is -2.27. The molecule has 0 bridgehead atoms. The van der Waals surface area contributed by atoms with Crippen LogP contribution in [0.2, 0.25) is 0 Å². The Morgan fingerprint density at radius 1 is 1.26 bits per heavy atom. The van der Waals surface area contributed by atoms with Crippen molar-refractivity contribution in [2.75, 3.05) is 27.1 Å². The van der Waals surface area contributed by atoms with E-state index in [0.29, 0.717) is 19.8 Å². The van der Waals surface area contributed by atoms with E-state index in [1.807, 2.05) is 37.3 Å². The van der Waals surface area contributed by atoms with E-state index in [1.54, 1.807) is 20.1 Å². The van der Waals surface area contributed by atoms with Crippen molar-refractivity contribution in [3.05, 3.63) is 48.0 Å². The summed E-state index contributed by atoms with van der Waals surface area (Å²) in [6.07, 6.45) is 2.99. The zero-order chi connectivity index (χ0) is 16.9. The third-order valence-electron chi connectivity index (χ3n) is 3.20. The van der Waals surface area contributed by atoms with Gasteiger partial charge in [-0.05, 0) is 12.5 Å². The first-order valence-electron chi connectivity index (χ1n) is 7.74. The molecule has 0 saturated carbocycles. The van der Waals surface area contributed by atoms with Gasteiger partial charge in [-0.2, -0.15) is 0 Å². The van der Waals surface area contributed by atoms with Crippen LogP contribution in [0, 0.1) is 5.92 Å². The first-order valence-corrected chi connectivity index (χ1v) is 7.74. The fraction of sp³-hybridized carbons (Fsp3) is 0.500. The van der Waals surface area contributed by atoms with E-state index in [-0.39, 0.29) is 24.8 Å². The van der Waals surface area contributed by atoms with Gasteiger partial charge in [-0.25, -0.2) is 4.79 Å². The van der Waals surface area contributed by atoms with Crippen LogP contribution in [-0.2, 0) is 30.3 Å². The Balaban J connectivity index is 2.48. The topological polar surface area (TPSA) is 54.0 Å². The number of hydrogen-bond acceptors (Lipinski definition) is 5. The highest BCUT2D eigenvalue weighted by Crippen LogP contribution is 2.12. The van der Waals surface area contributed by atoms with Gasteiger partial charge in [-0.3, -0.25) is 0 Å². The molecule has 1 aromatic rings. The van der Waals surface area contributed by atoms with Gasteiger partial charge in [0.05, 0.1) is 25.9 Å². The van der Waals surface area contributed by atoms with Crippen LogP contribution < -0.4 is 0 Å². The van der Waals surface area contributed by atoms with E-state index in [2.05, 4.69) is 0 Å². The Bertz CT molecular complexity index is 458. The Labute approximate surface area is 138 Å². The van der Waals surface area contributed by atoms with Crippen molar-refractivity contribution >= 4 is 5.97 Å². The van der Waals surface area contributed by atoms with Gasteiger partial charge in [0.1, 0.15) is 6.79 Å². The summed E-state index contributed by atoms with van der Waals surface area (Å²) in [5.74, 6) is -0.361. The molecule has 0 heterocycles. The molecular formula is C18H26O5. The summed E-state index contributed by atoms with van der Waals surface area (Å²) in [6, 6.07) is 9.94. The van der Waals surface area contributed by atoms with Crippen LogP contribution in [0.1, 0.15) is 19.4 Å². The van der Waals surface area contributed by atoms with Gasteiger partial charge < -0.3 is 18.9 Å². The lowest BCUT2D eigenvalue weighted by Gasteiger charge is -2.21. The molecule has 0 aliphatic heterocycles. The summed E-state index contributed by atoms with van der Waals surface area (Å²) in [6.45, 7) is 5.20. The van der Waals surface area contributed by atoms with Crippen LogP contribution in [0.3, 0.4) is 0 Å². The van der Waals surface area contributed by atoms with Crippen LogP contribution in [0.4, 0.5) is 0 Å². The Hall–Kier alpha value is -1.69. The van der Waals surface area contributed by atoms with Gasteiger partial charge in [-0.1, -0.05) is 43.3 Å². The average molecular weight is 322 g/mol. The van der Waals surface area contributed by atoms with Crippen molar-refractivity contribution in [3.8, 4) is 0 Å². The van der Waals surface area contributed by atoms with Crippen molar-refractivity contribution in [2.45, 2.75) is 26.6 Å². The molecule has 0 saturated heterocycles. The van der Waals surface area contributed by atoms with Crippen molar-refractivity contribution in [1.82, 2.24) is 0 Å². The zero-order valence-electron chi connectivity index (χ0n) is 14.1. The predicted octanol–water partition coefficient (Wildman–Crippen LogP) is 2.95. The lowest BCUT2D eigenvalue weighted by molar-refractivity contribution is -0.137. The highest BCUT2D eigenvalue weighted by molar-refractivity contribution is 5.81. The molecule has 0 aromatic heterocycles. The second-order valence-electron chi connectivity index (χ2n) is 5.08. The first-order chi connectivity index (χ1) is 11.2. The Morgan fingerprint density at radius 2 is 2.00 bits per heavy atom. The summed E-state index contributed by atoms with van der Waals surface area (Å²) in [7, 11) is 1.57. The van der Waals surface area contributed by atoms with Gasteiger partial charge >= 0.3 is 5.97 Å². The predicted molar refractivity (Wildman–Crippen MR) is 87.8 cm³/mol. The van der Waals surface area contributed by atoms with Crippen LogP contribution >= 0.6 is 0 Å². The molecule has 0 aliphatic carbocycles. The summed E-state index contributed by atoms with van der Waals surface area (Å²) in [4.78, 5) is 11.4. The monoisotopic (exact) mass is 322 g/mol. The van der Waals surface area contributed by atoms with Crippen molar-refractivity contribution in [1.29, 1.82) is 0 Å². The number of methoxy groups -OCH3 is 1. The summed E-state index contributed by atoms with van der Waals surface area (Å²) < 4.78 is 21.2. The normalized spacial score (nSPS) is 13.9. The van der Waals surface area contributed by atoms with Gasteiger partial charge in [0.25, 0.3) is 0 Å². The van der Waals surface area contributed by atoms with E-state index < -0.39 is 0 Å². The number of esters is 1. The number of hydrogen-bond donors (Lipinski definition) is 0.